The summed E-state index contributed by atoms with van der Waals surface area (Å²) in [6, 6.07) is 23.1. The molecule has 5 heterocycles. The van der Waals surface area contributed by atoms with Crippen molar-refractivity contribution in [1.82, 2.24) is 15.3 Å². The maximum Gasteiger partial charge on any atom is 0.134 e. The topological polar surface area (TPSA) is 90.6 Å². The van der Waals surface area contributed by atoms with Crippen molar-refractivity contribution < 1.29 is 10.2 Å². The number of aliphatic imine (C=N–C) groups is 1. The van der Waals surface area contributed by atoms with Gasteiger partial charge in [-0.2, -0.15) is 0 Å². The molecule has 12 bridgehead atoms. The Hall–Kier alpha value is -4.71. The Morgan fingerprint density at radius 3 is 1.95 bits per heavy atom. The number of rotatable bonds is 0. The molecule has 3 aliphatic heterocycles. The van der Waals surface area contributed by atoms with E-state index in [1.807, 2.05) is 78.9 Å². The van der Waals surface area contributed by atoms with Crippen LogP contribution in [0.3, 0.4) is 0 Å². The number of fused-ring (bicyclic) bond motifs is 16. The largest absolute Gasteiger partial charge is 0.507 e. The van der Waals surface area contributed by atoms with Gasteiger partial charge in [0, 0.05) is 34.0 Å². The zero-order valence-corrected chi connectivity index (χ0v) is 20.0. The maximum atomic E-state index is 11.3. The van der Waals surface area contributed by atoms with Crippen LogP contribution in [0.2, 0.25) is 0 Å². The van der Waals surface area contributed by atoms with Gasteiger partial charge in [0.2, 0.25) is 0 Å². The second kappa shape index (κ2) is 8.45. The van der Waals surface area contributed by atoms with Crippen LogP contribution < -0.4 is 5.32 Å². The molecule has 2 atom stereocenters. The molecule has 0 spiro atoms. The molecule has 2 aromatic heterocycles. The van der Waals surface area contributed by atoms with Crippen molar-refractivity contribution in [1.29, 1.82) is 0 Å². The van der Waals surface area contributed by atoms with Crippen LogP contribution in [0.15, 0.2) is 96.0 Å². The van der Waals surface area contributed by atoms with E-state index in [4.69, 9.17) is 15.0 Å². The number of hydrogen-bond donors (Lipinski definition) is 3. The lowest BCUT2D eigenvalue weighted by Crippen LogP contribution is -2.25. The maximum absolute atomic E-state index is 11.3. The van der Waals surface area contributed by atoms with Gasteiger partial charge in [0.15, 0.2) is 0 Å². The first-order chi connectivity index (χ1) is 18.1. The minimum Gasteiger partial charge on any atom is -0.507 e. The van der Waals surface area contributed by atoms with Crippen molar-refractivity contribution in [3.63, 3.8) is 0 Å². The molecule has 4 aromatic rings. The van der Waals surface area contributed by atoms with Crippen molar-refractivity contribution in [3.8, 4) is 45.4 Å². The summed E-state index contributed by atoms with van der Waals surface area (Å²) in [6.45, 7) is 0. The highest BCUT2D eigenvalue weighted by atomic mass is 16.3. The number of aromatic hydroxyl groups is 2. The van der Waals surface area contributed by atoms with Gasteiger partial charge >= 0.3 is 0 Å². The second-order valence-electron chi connectivity index (χ2n) is 9.59. The fraction of sp³-hybridized carbons (Fsp3) is 0.129. The van der Waals surface area contributed by atoms with Gasteiger partial charge in [-0.05, 0) is 67.4 Å². The number of phenolic OH excluding ortho intramolecular Hbond substituents is 2. The molecule has 3 aliphatic rings. The minimum atomic E-state index is 0.0115. The molecule has 3 N–H and O–H groups in total. The van der Waals surface area contributed by atoms with E-state index >= 15 is 0 Å². The van der Waals surface area contributed by atoms with Gasteiger partial charge in [0.25, 0.3) is 0 Å². The van der Waals surface area contributed by atoms with Gasteiger partial charge in [-0.25, -0.2) is 9.97 Å². The predicted octanol–water partition coefficient (Wildman–Crippen LogP) is 5.72. The van der Waals surface area contributed by atoms with E-state index in [2.05, 4.69) is 17.5 Å². The lowest BCUT2D eigenvalue weighted by Gasteiger charge is -2.17. The molecule has 0 aliphatic carbocycles. The summed E-state index contributed by atoms with van der Waals surface area (Å²) in [5, 5.41) is 26.1. The SMILES string of the molecule is Oc1c2cccc1-c1cccc(n1)-c1cccc(n1)-c1cccc(c1O)C1=NC(C=C1)CC1CC=C2N1. The fourth-order valence-corrected chi connectivity index (χ4v) is 5.37. The van der Waals surface area contributed by atoms with Crippen LogP contribution in [-0.2, 0) is 0 Å². The van der Waals surface area contributed by atoms with Crippen LogP contribution in [0.5, 0.6) is 11.5 Å². The zero-order chi connectivity index (χ0) is 24.9. The molecule has 2 unspecified atom stereocenters. The molecule has 0 saturated carbocycles. The molecule has 2 aromatic carbocycles. The lowest BCUT2D eigenvalue weighted by atomic mass is 10.0. The summed E-state index contributed by atoms with van der Waals surface area (Å²) in [5.41, 5.74) is 7.13. The Bertz CT molecular complexity index is 1650. The molecule has 0 fully saturated rings. The third-order valence-electron chi connectivity index (χ3n) is 7.22. The number of nitrogens with zero attached hydrogens (tertiary/aromatic N) is 3. The summed E-state index contributed by atoms with van der Waals surface area (Å²) in [4.78, 5) is 14.6. The van der Waals surface area contributed by atoms with Crippen LogP contribution in [0.25, 0.3) is 39.6 Å². The van der Waals surface area contributed by atoms with Crippen molar-refractivity contribution in [3.05, 3.63) is 102 Å². The average Bonchev–Trinajstić information content (AvgIpc) is 3.59. The van der Waals surface area contributed by atoms with Gasteiger partial charge < -0.3 is 15.5 Å². The van der Waals surface area contributed by atoms with Gasteiger partial charge in [-0.3, -0.25) is 4.99 Å². The summed E-state index contributed by atoms with van der Waals surface area (Å²) < 4.78 is 0. The molecule has 0 radical (unpaired) electrons. The van der Waals surface area contributed by atoms with Crippen LogP contribution in [0, 0.1) is 0 Å². The monoisotopic (exact) mass is 484 g/mol. The molecule has 0 amide bonds. The average molecular weight is 485 g/mol. The first-order valence-corrected chi connectivity index (χ1v) is 12.5. The Morgan fingerprint density at radius 2 is 1.24 bits per heavy atom. The molecule has 180 valence electrons. The standard InChI is InChI=1S/C31H24N4O2/c36-30-20-5-1-7-22(30)26-15-13-18(32-26)17-19-14-16-27(33-19)23-8-2-6-21(31(23)37)25-10-4-12-29(35-25)28-11-3-9-24(20)34-28/h1-13,15-16,18-19,33,36-37H,14,17H2. The molecular formula is C31H24N4O2. The van der Waals surface area contributed by atoms with E-state index in [9.17, 15) is 10.2 Å². The second-order valence-corrected chi connectivity index (χ2v) is 9.59. The predicted molar refractivity (Wildman–Crippen MR) is 145 cm³/mol. The van der Waals surface area contributed by atoms with Gasteiger partial charge in [0.05, 0.1) is 34.5 Å². The van der Waals surface area contributed by atoms with Crippen LogP contribution >= 0.6 is 0 Å². The Kier molecular flexibility index (Phi) is 4.92. The van der Waals surface area contributed by atoms with E-state index in [1.54, 1.807) is 0 Å². The molecule has 6 nitrogen and oxygen atoms in total. The summed E-state index contributed by atoms with van der Waals surface area (Å²) in [6.07, 6.45) is 7.88. The van der Waals surface area contributed by atoms with E-state index in [0.717, 1.165) is 29.8 Å². The van der Waals surface area contributed by atoms with Crippen LogP contribution in [0.4, 0.5) is 0 Å². The Balaban J connectivity index is 1.42. The molecule has 0 saturated heterocycles. The van der Waals surface area contributed by atoms with Gasteiger partial charge in [-0.1, -0.05) is 36.4 Å². The molecule has 6 heteroatoms. The lowest BCUT2D eigenvalue weighted by molar-refractivity contribution is 0.474. The molecule has 37 heavy (non-hydrogen) atoms. The first kappa shape index (κ1) is 21.6. The summed E-state index contributed by atoms with van der Waals surface area (Å²) in [5.74, 6) is 0.368. The molecular weight excluding hydrogens is 460 g/mol. The zero-order valence-electron chi connectivity index (χ0n) is 20.0. The van der Waals surface area contributed by atoms with Gasteiger partial charge in [0.1, 0.15) is 11.5 Å². The third kappa shape index (κ3) is 3.69. The van der Waals surface area contributed by atoms with Gasteiger partial charge in [-0.15, -0.1) is 0 Å². The highest BCUT2D eigenvalue weighted by Gasteiger charge is 2.25. The Labute approximate surface area is 214 Å². The van der Waals surface area contributed by atoms with E-state index in [-0.39, 0.29) is 23.6 Å². The number of benzene rings is 2. The van der Waals surface area contributed by atoms with Crippen molar-refractivity contribution in [2.24, 2.45) is 4.99 Å². The Morgan fingerprint density at radius 1 is 0.676 bits per heavy atom. The smallest absolute Gasteiger partial charge is 0.134 e. The van der Waals surface area contributed by atoms with Crippen molar-refractivity contribution >= 4 is 11.4 Å². The normalized spacial score (nSPS) is 19.2. The number of allylic oxidation sites excluding steroid dienone is 1. The van der Waals surface area contributed by atoms with E-state index < -0.39 is 0 Å². The van der Waals surface area contributed by atoms with E-state index in [0.29, 0.717) is 39.5 Å². The van der Waals surface area contributed by atoms with Crippen molar-refractivity contribution in [2.75, 3.05) is 0 Å². The van der Waals surface area contributed by atoms with Crippen LogP contribution in [-0.4, -0.2) is 38.0 Å². The highest BCUT2D eigenvalue weighted by molar-refractivity contribution is 6.12. The van der Waals surface area contributed by atoms with Crippen molar-refractivity contribution in [2.45, 2.75) is 24.9 Å². The quantitative estimate of drug-likeness (QED) is 0.297. The third-order valence-corrected chi connectivity index (χ3v) is 7.22. The number of pyridine rings is 2. The summed E-state index contributed by atoms with van der Waals surface area (Å²) in [7, 11) is 0. The first-order valence-electron chi connectivity index (χ1n) is 12.5. The molecule has 7 rings (SSSR count). The van der Waals surface area contributed by atoms with Crippen LogP contribution in [0.1, 0.15) is 24.0 Å². The fourth-order valence-electron chi connectivity index (χ4n) is 5.37. The number of para-hydroxylation sites is 2. The number of phenols is 2. The number of nitrogens with one attached hydrogen (secondary N) is 1. The summed E-state index contributed by atoms with van der Waals surface area (Å²) >= 11 is 0. The minimum absolute atomic E-state index is 0.0115. The highest BCUT2D eigenvalue weighted by Crippen LogP contribution is 2.38. The number of aromatic nitrogens is 2. The number of hydrogen-bond acceptors (Lipinski definition) is 6. The van der Waals surface area contributed by atoms with E-state index in [1.165, 1.54) is 0 Å².